The molecule has 8 heteroatoms. The third-order valence-electron chi connectivity index (χ3n) is 6.31. The fraction of sp³-hybridized carbons (Fsp3) is 0.111. The fourth-order valence-corrected chi connectivity index (χ4v) is 4.56. The van der Waals surface area contributed by atoms with Gasteiger partial charge in [0.25, 0.3) is 5.56 Å². The Balaban J connectivity index is 1.48. The van der Waals surface area contributed by atoms with E-state index in [2.05, 4.69) is 0 Å². The van der Waals surface area contributed by atoms with E-state index in [-0.39, 0.29) is 12.4 Å². The maximum atomic E-state index is 13.8. The highest BCUT2D eigenvalue weighted by molar-refractivity contribution is 6.05. The van der Waals surface area contributed by atoms with Crippen LogP contribution in [0.25, 0.3) is 38.9 Å². The molecule has 6 aromatic rings. The lowest BCUT2D eigenvalue weighted by molar-refractivity contribution is 0.174. The van der Waals surface area contributed by atoms with Crippen molar-refractivity contribution < 1.29 is 9.47 Å². The van der Waals surface area contributed by atoms with Gasteiger partial charge in [-0.3, -0.25) is 13.9 Å². The number of aromatic nitrogens is 5. The largest absolute Gasteiger partial charge is 0.454 e. The first-order chi connectivity index (χ1) is 17.2. The Hall–Kier alpha value is -4.72. The second-order valence-electron chi connectivity index (χ2n) is 8.62. The number of aryl methyl sites for hydroxylation is 1. The molecule has 1 aliphatic heterocycles. The van der Waals surface area contributed by atoms with Crippen LogP contribution in [0.2, 0.25) is 0 Å². The molecule has 3 aromatic carbocycles. The van der Waals surface area contributed by atoms with Crippen LogP contribution < -0.4 is 15.0 Å². The third-order valence-corrected chi connectivity index (χ3v) is 6.31. The van der Waals surface area contributed by atoms with Crippen molar-refractivity contribution in [2.75, 3.05) is 6.79 Å². The van der Waals surface area contributed by atoms with Crippen LogP contribution >= 0.6 is 0 Å². The smallest absolute Gasteiger partial charge is 0.265 e. The van der Waals surface area contributed by atoms with Gasteiger partial charge in [-0.2, -0.15) is 0 Å². The van der Waals surface area contributed by atoms with Gasteiger partial charge in [0.15, 0.2) is 22.8 Å². The summed E-state index contributed by atoms with van der Waals surface area (Å²) in [5, 5.41) is 0.446. The molecule has 0 spiro atoms. The molecule has 0 N–H and O–H groups in total. The fourth-order valence-electron chi connectivity index (χ4n) is 4.56. The van der Waals surface area contributed by atoms with E-state index in [9.17, 15) is 4.79 Å². The van der Waals surface area contributed by atoms with Crippen molar-refractivity contribution in [2.24, 2.45) is 0 Å². The lowest BCUT2D eigenvalue weighted by atomic mass is 10.2. The predicted molar refractivity (Wildman–Crippen MR) is 132 cm³/mol. The Morgan fingerprint density at radius 3 is 2.49 bits per heavy atom. The summed E-state index contributed by atoms with van der Waals surface area (Å²) >= 11 is 0. The van der Waals surface area contributed by atoms with Crippen molar-refractivity contribution >= 4 is 33.2 Å². The van der Waals surface area contributed by atoms with Gasteiger partial charge >= 0.3 is 0 Å². The van der Waals surface area contributed by atoms with Gasteiger partial charge in [-0.25, -0.2) is 15.0 Å². The normalized spacial score (nSPS) is 12.7. The van der Waals surface area contributed by atoms with Gasteiger partial charge < -0.3 is 9.47 Å². The molecule has 0 bridgehead atoms. The summed E-state index contributed by atoms with van der Waals surface area (Å²) in [5.74, 6) is 1.39. The van der Waals surface area contributed by atoms with E-state index in [0.717, 1.165) is 27.8 Å². The van der Waals surface area contributed by atoms with E-state index in [1.54, 1.807) is 10.9 Å². The zero-order valence-electron chi connectivity index (χ0n) is 18.8. The number of nitrogens with zero attached hydrogens (tertiary/aromatic N) is 5. The maximum absolute atomic E-state index is 13.8. The summed E-state index contributed by atoms with van der Waals surface area (Å²) in [4.78, 5) is 28.3. The molecule has 0 amide bonds. The average molecular weight is 461 g/mol. The van der Waals surface area contributed by atoms with Crippen LogP contribution in [-0.2, 0) is 6.54 Å². The first-order valence-corrected chi connectivity index (χ1v) is 11.3. The Kier molecular flexibility index (Phi) is 4.17. The molecule has 8 nitrogen and oxygen atoms in total. The van der Waals surface area contributed by atoms with E-state index in [1.807, 2.05) is 78.2 Å². The number of fused-ring (bicyclic) bond motifs is 5. The summed E-state index contributed by atoms with van der Waals surface area (Å²) in [5.41, 5.74) is 5.93. The molecule has 0 saturated carbocycles. The van der Waals surface area contributed by atoms with E-state index >= 15 is 0 Å². The van der Waals surface area contributed by atoms with Crippen molar-refractivity contribution in [3.8, 4) is 17.2 Å². The van der Waals surface area contributed by atoms with Crippen LogP contribution in [0.15, 0.2) is 77.9 Å². The molecule has 0 radical (unpaired) electrons. The van der Waals surface area contributed by atoms with Gasteiger partial charge in [0.05, 0.1) is 17.6 Å². The van der Waals surface area contributed by atoms with E-state index in [1.165, 1.54) is 0 Å². The lowest BCUT2D eigenvalue weighted by Gasteiger charge is -2.08. The van der Waals surface area contributed by atoms with E-state index < -0.39 is 0 Å². The topological polar surface area (TPSA) is 84.1 Å². The lowest BCUT2D eigenvalue weighted by Crippen LogP contribution is -2.21. The Morgan fingerprint density at radius 2 is 1.66 bits per heavy atom. The zero-order chi connectivity index (χ0) is 23.5. The molecule has 4 heterocycles. The number of para-hydroxylation sites is 2. The molecule has 0 unspecified atom stereocenters. The standard InChI is InChI=1S/C27H19N5O3/c1-16-6-9-18(10-7-16)32-25-23(24-26(32)30-20-5-3-2-4-19(20)29-24)27(33)31(14-28-25)13-17-8-11-21-22(12-17)35-15-34-21/h2-12,14H,13,15H2,1H3. The molecular formula is C27H19N5O3. The van der Waals surface area contributed by atoms with Crippen molar-refractivity contribution in [3.63, 3.8) is 0 Å². The van der Waals surface area contributed by atoms with E-state index in [4.69, 9.17) is 24.4 Å². The van der Waals surface area contributed by atoms with Crippen molar-refractivity contribution in [3.05, 3.63) is 94.5 Å². The first-order valence-electron chi connectivity index (χ1n) is 11.3. The molecule has 0 aliphatic carbocycles. The SMILES string of the molecule is Cc1ccc(-n2c3nc4ccccc4nc3c3c(=O)n(Cc4ccc5c(c4)OCO5)cnc32)cc1. The summed E-state index contributed by atoms with van der Waals surface area (Å²) in [6.45, 7) is 2.59. The van der Waals surface area contributed by atoms with Gasteiger partial charge in [-0.15, -0.1) is 0 Å². The van der Waals surface area contributed by atoms with Gasteiger partial charge in [0.2, 0.25) is 6.79 Å². The number of hydrogen-bond donors (Lipinski definition) is 0. The minimum atomic E-state index is -0.173. The average Bonchev–Trinajstić information content (AvgIpc) is 3.47. The van der Waals surface area contributed by atoms with E-state index in [0.29, 0.717) is 40.2 Å². The zero-order valence-corrected chi connectivity index (χ0v) is 18.8. The molecule has 0 fully saturated rings. The highest BCUT2D eigenvalue weighted by Crippen LogP contribution is 2.33. The molecule has 1 aliphatic rings. The van der Waals surface area contributed by atoms with Crippen LogP contribution in [-0.4, -0.2) is 30.9 Å². The first kappa shape index (κ1) is 19.7. The third kappa shape index (κ3) is 3.07. The molecule has 0 atom stereocenters. The van der Waals surface area contributed by atoms with Crippen molar-refractivity contribution in [2.45, 2.75) is 13.5 Å². The maximum Gasteiger partial charge on any atom is 0.265 e. The van der Waals surface area contributed by atoms with Gasteiger partial charge in [0, 0.05) is 5.69 Å². The highest BCUT2D eigenvalue weighted by Gasteiger charge is 2.21. The highest BCUT2D eigenvalue weighted by atomic mass is 16.7. The van der Waals surface area contributed by atoms with Crippen molar-refractivity contribution in [1.29, 1.82) is 0 Å². The minimum absolute atomic E-state index is 0.173. The predicted octanol–water partition coefficient (Wildman–Crippen LogP) is 4.37. The van der Waals surface area contributed by atoms with Crippen LogP contribution in [0.5, 0.6) is 11.5 Å². The van der Waals surface area contributed by atoms with Crippen molar-refractivity contribution in [1.82, 2.24) is 24.1 Å². The monoisotopic (exact) mass is 461 g/mol. The summed E-state index contributed by atoms with van der Waals surface area (Å²) in [6, 6.07) is 21.4. The Morgan fingerprint density at radius 1 is 0.886 bits per heavy atom. The summed E-state index contributed by atoms with van der Waals surface area (Å²) in [6.07, 6.45) is 1.58. The van der Waals surface area contributed by atoms with Gasteiger partial charge in [-0.1, -0.05) is 35.9 Å². The Labute approximate surface area is 199 Å². The number of rotatable bonds is 3. The summed E-state index contributed by atoms with van der Waals surface area (Å²) < 4.78 is 14.4. The molecule has 7 rings (SSSR count). The van der Waals surface area contributed by atoms with Crippen LogP contribution in [0.1, 0.15) is 11.1 Å². The molecule has 0 saturated heterocycles. The van der Waals surface area contributed by atoms with Crippen LogP contribution in [0, 0.1) is 6.92 Å². The minimum Gasteiger partial charge on any atom is -0.454 e. The molecular weight excluding hydrogens is 442 g/mol. The van der Waals surface area contributed by atoms with Gasteiger partial charge in [-0.05, 0) is 48.9 Å². The van der Waals surface area contributed by atoms with Crippen LogP contribution in [0.4, 0.5) is 0 Å². The molecule has 35 heavy (non-hydrogen) atoms. The molecule has 170 valence electrons. The second kappa shape index (κ2) is 7.39. The second-order valence-corrected chi connectivity index (χ2v) is 8.62. The number of hydrogen-bond acceptors (Lipinski definition) is 6. The number of ether oxygens (including phenoxy) is 2. The molecule has 3 aromatic heterocycles. The van der Waals surface area contributed by atoms with Crippen LogP contribution in [0.3, 0.4) is 0 Å². The Bertz CT molecular complexity index is 1840. The summed E-state index contributed by atoms with van der Waals surface area (Å²) in [7, 11) is 0. The van der Waals surface area contributed by atoms with Gasteiger partial charge in [0.1, 0.15) is 17.2 Å². The quantitative estimate of drug-likeness (QED) is 0.389. The number of benzene rings is 3.